The Morgan fingerprint density at radius 3 is 2.50 bits per heavy atom. The van der Waals surface area contributed by atoms with Crippen molar-refractivity contribution < 1.29 is 10.2 Å². The average molecular weight is 379 g/mol. The van der Waals surface area contributed by atoms with Gasteiger partial charge in [0.2, 0.25) is 0 Å². The van der Waals surface area contributed by atoms with Gasteiger partial charge in [0.15, 0.2) is 0 Å². The molecule has 0 saturated heterocycles. The molecular weight excluding hydrogens is 362 g/mol. The number of hydrogen-bond donors (Lipinski definition) is 3. The van der Waals surface area contributed by atoms with Crippen molar-refractivity contribution in [1.82, 2.24) is 5.32 Å². The first-order valence-corrected chi connectivity index (χ1v) is 7.73. The second kappa shape index (κ2) is 6.37. The zero-order chi connectivity index (χ0) is 13.1. The number of aromatic hydroxyl groups is 1. The first-order valence-electron chi connectivity index (χ1n) is 6.14. The third kappa shape index (κ3) is 3.70. The van der Waals surface area contributed by atoms with Crippen molar-refractivity contribution >= 4 is 31.9 Å². The number of aliphatic hydroxyl groups is 1. The van der Waals surface area contributed by atoms with Gasteiger partial charge in [-0.15, -0.1) is 0 Å². The number of aliphatic hydroxyl groups excluding tert-OH is 1. The van der Waals surface area contributed by atoms with Gasteiger partial charge in [-0.2, -0.15) is 0 Å². The minimum Gasteiger partial charge on any atom is -0.506 e. The highest BCUT2D eigenvalue weighted by molar-refractivity contribution is 9.11. The highest BCUT2D eigenvalue weighted by Crippen LogP contribution is 2.33. The summed E-state index contributed by atoms with van der Waals surface area (Å²) in [5.41, 5.74) is 1.10. The molecule has 1 fully saturated rings. The molecule has 0 heterocycles. The van der Waals surface area contributed by atoms with E-state index in [2.05, 4.69) is 37.2 Å². The maximum atomic E-state index is 9.64. The van der Waals surface area contributed by atoms with Crippen molar-refractivity contribution in [1.29, 1.82) is 0 Å². The quantitative estimate of drug-likeness (QED) is 0.756. The molecule has 1 aromatic carbocycles. The molecule has 18 heavy (non-hydrogen) atoms. The van der Waals surface area contributed by atoms with Crippen molar-refractivity contribution in [2.75, 3.05) is 0 Å². The highest BCUT2D eigenvalue weighted by Gasteiger charge is 2.19. The van der Waals surface area contributed by atoms with E-state index in [-0.39, 0.29) is 11.9 Å². The third-order valence-electron chi connectivity index (χ3n) is 3.32. The molecule has 1 aromatic rings. The Labute approximate surface area is 124 Å². The van der Waals surface area contributed by atoms with Crippen LogP contribution in [0, 0.1) is 0 Å². The van der Waals surface area contributed by atoms with Crippen LogP contribution in [0.3, 0.4) is 0 Å². The molecule has 0 bridgehead atoms. The molecule has 0 aromatic heterocycles. The van der Waals surface area contributed by atoms with Gasteiger partial charge in [0.25, 0.3) is 0 Å². The minimum atomic E-state index is -0.158. The summed E-state index contributed by atoms with van der Waals surface area (Å²) >= 11 is 6.65. The van der Waals surface area contributed by atoms with Gasteiger partial charge < -0.3 is 15.5 Å². The number of benzene rings is 1. The van der Waals surface area contributed by atoms with Crippen molar-refractivity contribution in [3.63, 3.8) is 0 Å². The standard InChI is InChI=1S/C13H17Br2NO2/c14-11-4-8(5-12(15)13(11)18)7-16-9-2-1-3-10(17)6-9/h4-5,9-10,16-18H,1-3,6-7H2/t9-,10+/m0/s1. The van der Waals surface area contributed by atoms with Crippen molar-refractivity contribution in [2.24, 2.45) is 0 Å². The molecule has 0 spiro atoms. The molecule has 2 atom stereocenters. The average Bonchev–Trinajstić information content (AvgIpc) is 2.33. The molecule has 1 aliphatic carbocycles. The van der Waals surface area contributed by atoms with E-state index in [1.54, 1.807) is 0 Å². The van der Waals surface area contributed by atoms with Crippen LogP contribution >= 0.6 is 31.9 Å². The molecule has 0 aliphatic heterocycles. The highest BCUT2D eigenvalue weighted by atomic mass is 79.9. The Kier molecular flexibility index (Phi) is 5.06. The lowest BCUT2D eigenvalue weighted by atomic mass is 9.93. The Hall–Kier alpha value is -0.100. The van der Waals surface area contributed by atoms with Crippen LogP contribution in [-0.4, -0.2) is 22.4 Å². The monoisotopic (exact) mass is 377 g/mol. The Bertz CT molecular complexity index is 402. The molecule has 0 unspecified atom stereocenters. The molecule has 0 amide bonds. The third-order valence-corrected chi connectivity index (χ3v) is 4.53. The fraction of sp³-hybridized carbons (Fsp3) is 0.538. The first-order chi connectivity index (χ1) is 8.56. The molecule has 1 aliphatic rings. The summed E-state index contributed by atoms with van der Waals surface area (Å²) in [6, 6.07) is 4.21. The Morgan fingerprint density at radius 1 is 1.22 bits per heavy atom. The molecule has 3 N–H and O–H groups in total. The summed E-state index contributed by atoms with van der Waals surface area (Å²) in [4.78, 5) is 0. The van der Waals surface area contributed by atoms with Crippen molar-refractivity contribution in [3.8, 4) is 5.75 Å². The van der Waals surface area contributed by atoms with E-state index in [0.29, 0.717) is 15.0 Å². The number of hydrogen-bond acceptors (Lipinski definition) is 3. The SMILES string of the molecule is Oc1c(Br)cc(CN[C@H]2CCC[C@@H](O)C2)cc1Br. The zero-order valence-corrected chi connectivity index (χ0v) is 13.2. The lowest BCUT2D eigenvalue weighted by Crippen LogP contribution is -2.35. The van der Waals surface area contributed by atoms with E-state index in [1.807, 2.05) is 12.1 Å². The van der Waals surface area contributed by atoms with E-state index < -0.39 is 0 Å². The van der Waals surface area contributed by atoms with Crippen molar-refractivity contribution in [2.45, 2.75) is 44.4 Å². The predicted octanol–water partition coefficient (Wildman–Crippen LogP) is 3.31. The maximum Gasteiger partial charge on any atom is 0.143 e. The summed E-state index contributed by atoms with van der Waals surface area (Å²) in [6.45, 7) is 0.745. The predicted molar refractivity (Wildman–Crippen MR) is 78.6 cm³/mol. The van der Waals surface area contributed by atoms with Gasteiger partial charge in [-0.1, -0.05) is 0 Å². The fourth-order valence-electron chi connectivity index (χ4n) is 2.33. The van der Waals surface area contributed by atoms with Crippen molar-refractivity contribution in [3.05, 3.63) is 26.6 Å². The molecule has 1 saturated carbocycles. The molecular formula is C13H17Br2NO2. The van der Waals surface area contributed by atoms with Crippen LogP contribution in [0.2, 0.25) is 0 Å². The summed E-state index contributed by atoms with van der Waals surface area (Å²) in [7, 11) is 0. The van der Waals surface area contributed by atoms with E-state index >= 15 is 0 Å². The van der Waals surface area contributed by atoms with Crippen LogP contribution < -0.4 is 5.32 Å². The summed E-state index contributed by atoms with van der Waals surface area (Å²) < 4.78 is 1.38. The fourth-order valence-corrected chi connectivity index (χ4v) is 3.61. The number of halogens is 2. The second-order valence-corrected chi connectivity index (χ2v) is 6.51. The van der Waals surface area contributed by atoms with Crippen LogP contribution in [0.4, 0.5) is 0 Å². The molecule has 3 nitrogen and oxygen atoms in total. The normalized spacial score (nSPS) is 24.2. The van der Waals surface area contributed by atoms with E-state index in [4.69, 9.17) is 0 Å². The van der Waals surface area contributed by atoms with E-state index in [9.17, 15) is 10.2 Å². The van der Waals surface area contributed by atoms with Gasteiger partial charge in [0.05, 0.1) is 15.0 Å². The second-order valence-electron chi connectivity index (χ2n) is 4.81. The maximum absolute atomic E-state index is 9.64. The van der Waals surface area contributed by atoms with E-state index in [0.717, 1.165) is 37.8 Å². The lowest BCUT2D eigenvalue weighted by Gasteiger charge is -2.26. The number of phenols is 1. The van der Waals surface area contributed by atoms with Gasteiger partial charge in [-0.3, -0.25) is 0 Å². The molecule has 0 radical (unpaired) electrons. The summed E-state index contributed by atoms with van der Waals surface area (Å²) in [6.07, 6.45) is 3.81. The van der Waals surface area contributed by atoms with Crippen LogP contribution in [0.25, 0.3) is 0 Å². The largest absolute Gasteiger partial charge is 0.506 e. The molecule has 100 valence electrons. The van der Waals surface area contributed by atoms with Crippen LogP contribution in [0.15, 0.2) is 21.1 Å². The van der Waals surface area contributed by atoms with Gasteiger partial charge in [-0.25, -0.2) is 0 Å². The van der Waals surface area contributed by atoms with Gasteiger partial charge >= 0.3 is 0 Å². The zero-order valence-electron chi connectivity index (χ0n) is 10.00. The first kappa shape index (κ1) is 14.3. The summed E-state index contributed by atoms with van der Waals surface area (Å²) in [5, 5.41) is 22.7. The lowest BCUT2D eigenvalue weighted by molar-refractivity contribution is 0.111. The van der Waals surface area contributed by atoms with E-state index in [1.165, 1.54) is 0 Å². The Morgan fingerprint density at radius 2 is 1.89 bits per heavy atom. The van der Waals surface area contributed by atoms with Gasteiger partial charge in [0.1, 0.15) is 5.75 Å². The van der Waals surface area contributed by atoms with Crippen LogP contribution in [0.1, 0.15) is 31.2 Å². The van der Waals surface area contributed by atoms with Gasteiger partial charge in [-0.05, 0) is 75.2 Å². The number of rotatable bonds is 3. The van der Waals surface area contributed by atoms with Gasteiger partial charge in [0, 0.05) is 12.6 Å². The number of nitrogens with one attached hydrogen (secondary N) is 1. The van der Waals surface area contributed by atoms with Crippen LogP contribution in [0.5, 0.6) is 5.75 Å². The Balaban J connectivity index is 1.94. The number of phenolic OH excluding ortho intramolecular Hbond substituents is 1. The topological polar surface area (TPSA) is 52.5 Å². The van der Waals surface area contributed by atoms with Crippen LogP contribution in [-0.2, 0) is 6.54 Å². The summed E-state index contributed by atoms with van der Waals surface area (Å²) in [5.74, 6) is 0.229. The smallest absolute Gasteiger partial charge is 0.143 e. The molecule has 5 heteroatoms. The minimum absolute atomic E-state index is 0.158. The molecule has 2 rings (SSSR count).